The van der Waals surface area contributed by atoms with Crippen molar-refractivity contribution in [2.75, 3.05) is 44.2 Å². The van der Waals surface area contributed by atoms with E-state index < -0.39 is 12.0 Å². The van der Waals surface area contributed by atoms with Crippen molar-refractivity contribution >= 4 is 29.7 Å². The number of imide groups is 1. The molecule has 200 valence electrons. The van der Waals surface area contributed by atoms with Crippen LogP contribution in [-0.2, 0) is 4.74 Å². The first-order valence-corrected chi connectivity index (χ1v) is 13.0. The van der Waals surface area contributed by atoms with Crippen molar-refractivity contribution in [3.63, 3.8) is 0 Å². The minimum absolute atomic E-state index is 0.309. The largest absolute Gasteiger partial charge is 0.462 e. The lowest BCUT2D eigenvalue weighted by Gasteiger charge is -2.37. The lowest BCUT2D eigenvalue weighted by Crippen LogP contribution is -2.52. The maximum atomic E-state index is 13.4. The van der Waals surface area contributed by atoms with Gasteiger partial charge in [0.25, 0.3) is 11.8 Å². The fourth-order valence-corrected chi connectivity index (χ4v) is 4.87. The first-order valence-electron chi connectivity index (χ1n) is 13.0. The molecule has 0 spiro atoms. The molecule has 0 bridgehead atoms. The molecule has 9 heteroatoms. The fraction of sp³-hybridized carbons (Fsp3) is 0.267. The Hall–Kier alpha value is -4.37. The zero-order valence-electron chi connectivity index (χ0n) is 21.6. The number of anilines is 1. The fourth-order valence-electron chi connectivity index (χ4n) is 4.87. The van der Waals surface area contributed by atoms with Gasteiger partial charge in [-0.05, 0) is 48.9 Å². The minimum Gasteiger partial charge on any atom is -0.462 e. The van der Waals surface area contributed by atoms with E-state index in [9.17, 15) is 18.8 Å². The number of esters is 1. The molecule has 1 fully saturated rings. The van der Waals surface area contributed by atoms with Crippen molar-refractivity contribution in [2.45, 2.75) is 13.0 Å². The van der Waals surface area contributed by atoms with Crippen LogP contribution in [0.1, 0.15) is 43.6 Å². The van der Waals surface area contributed by atoms with Gasteiger partial charge in [-0.3, -0.25) is 19.4 Å². The molecule has 1 atom stereocenters. The van der Waals surface area contributed by atoms with Crippen molar-refractivity contribution in [3.05, 3.63) is 101 Å². The Bertz CT molecular complexity index is 1350. The Morgan fingerprint density at radius 1 is 0.974 bits per heavy atom. The molecule has 2 amide bonds. The summed E-state index contributed by atoms with van der Waals surface area (Å²) in [6.45, 7) is 5.33. The van der Waals surface area contributed by atoms with Gasteiger partial charge in [-0.1, -0.05) is 36.4 Å². The van der Waals surface area contributed by atoms with Gasteiger partial charge in [-0.25, -0.2) is 14.2 Å². The molecule has 8 nitrogen and oxygen atoms in total. The average Bonchev–Trinajstić information content (AvgIpc) is 3.22. The average molecular weight is 529 g/mol. The smallest absolute Gasteiger partial charge is 0.339 e. The third-order valence-electron chi connectivity index (χ3n) is 6.94. The van der Waals surface area contributed by atoms with Crippen LogP contribution in [0.2, 0.25) is 0 Å². The number of hydrogen-bond donors (Lipinski definition) is 0. The molecule has 1 aromatic heterocycles. The quantitative estimate of drug-likeness (QED) is 0.324. The molecule has 0 radical (unpaired) electrons. The lowest BCUT2D eigenvalue weighted by atomic mass is 10.1. The highest BCUT2D eigenvalue weighted by Gasteiger charge is 2.39. The summed E-state index contributed by atoms with van der Waals surface area (Å²) in [5.74, 6) is -0.570. The van der Waals surface area contributed by atoms with Gasteiger partial charge in [0.15, 0.2) is 0 Å². The molecule has 2 aliphatic rings. The summed E-state index contributed by atoms with van der Waals surface area (Å²) >= 11 is 0. The molecule has 3 heterocycles. The third-order valence-corrected chi connectivity index (χ3v) is 6.94. The van der Waals surface area contributed by atoms with E-state index in [0.29, 0.717) is 56.0 Å². The van der Waals surface area contributed by atoms with Crippen molar-refractivity contribution in [3.8, 4) is 0 Å². The predicted octanol–water partition coefficient (Wildman–Crippen LogP) is 3.90. The molecule has 5 rings (SSSR count). The van der Waals surface area contributed by atoms with E-state index in [-0.39, 0.29) is 17.6 Å². The molecule has 2 aromatic carbocycles. The van der Waals surface area contributed by atoms with Gasteiger partial charge < -0.3 is 9.64 Å². The summed E-state index contributed by atoms with van der Waals surface area (Å²) < 4.78 is 18.4. The first-order chi connectivity index (χ1) is 18.9. The summed E-state index contributed by atoms with van der Waals surface area (Å²) in [6.07, 6.45) is 5.19. The number of ether oxygens (including phenoxy) is 1. The highest BCUT2D eigenvalue weighted by atomic mass is 19.1. The van der Waals surface area contributed by atoms with Crippen molar-refractivity contribution in [1.82, 2.24) is 14.8 Å². The van der Waals surface area contributed by atoms with Gasteiger partial charge in [-0.15, -0.1) is 0 Å². The Balaban J connectivity index is 1.29. The van der Waals surface area contributed by atoms with Gasteiger partial charge in [0.05, 0.1) is 29.3 Å². The summed E-state index contributed by atoms with van der Waals surface area (Å²) in [5, 5.41) is 0. The maximum Gasteiger partial charge on any atom is 0.339 e. The van der Waals surface area contributed by atoms with Gasteiger partial charge >= 0.3 is 5.97 Å². The number of nitrogens with zero attached hydrogens (tertiary/aromatic N) is 4. The van der Waals surface area contributed by atoms with Crippen molar-refractivity contribution < 1.29 is 23.5 Å². The zero-order valence-corrected chi connectivity index (χ0v) is 21.6. The minimum atomic E-state index is -0.504. The number of amides is 2. The first kappa shape index (κ1) is 26.2. The standard InChI is InChI=1S/C30H29FN4O4/c1-2-39-30(38)22-10-14-27(32-19-22)34-17-15-33(16-18-34)20-24(13-9-21-7-11-23(31)12-8-21)35-28(36)25-5-3-4-6-26(25)29(35)37/h3-14,19,24H,2,15-18,20H2,1H3/b13-9+. The second-order valence-corrected chi connectivity index (χ2v) is 9.42. The molecule has 3 aromatic rings. The van der Waals surface area contributed by atoms with E-state index in [0.717, 1.165) is 11.4 Å². The van der Waals surface area contributed by atoms with E-state index in [1.54, 1.807) is 49.4 Å². The molecule has 2 aliphatic heterocycles. The number of benzene rings is 2. The number of halogens is 1. The van der Waals surface area contributed by atoms with Crippen LogP contribution in [0.25, 0.3) is 6.08 Å². The maximum absolute atomic E-state index is 13.4. The number of pyridine rings is 1. The van der Waals surface area contributed by atoms with E-state index in [4.69, 9.17) is 4.74 Å². The molecular formula is C30H29FN4O4. The second kappa shape index (κ2) is 11.6. The second-order valence-electron chi connectivity index (χ2n) is 9.42. The van der Waals surface area contributed by atoms with Crippen LogP contribution in [0.4, 0.5) is 10.2 Å². The molecule has 0 saturated carbocycles. The van der Waals surface area contributed by atoms with Crippen molar-refractivity contribution in [1.29, 1.82) is 0 Å². The third kappa shape index (κ3) is 5.73. The van der Waals surface area contributed by atoms with Crippen molar-refractivity contribution in [2.24, 2.45) is 0 Å². The summed E-state index contributed by atoms with van der Waals surface area (Å²) in [4.78, 5) is 48.5. The summed E-state index contributed by atoms with van der Waals surface area (Å²) in [6, 6.07) is 16.0. The molecule has 1 saturated heterocycles. The molecule has 0 N–H and O–H groups in total. The monoisotopic (exact) mass is 528 g/mol. The number of piperazine rings is 1. The molecular weight excluding hydrogens is 499 g/mol. The van der Waals surface area contributed by atoms with Gasteiger partial charge in [0.2, 0.25) is 0 Å². The molecule has 1 unspecified atom stereocenters. The van der Waals surface area contributed by atoms with E-state index >= 15 is 0 Å². The van der Waals surface area contributed by atoms with Crippen LogP contribution in [0.15, 0.2) is 72.9 Å². The SMILES string of the molecule is CCOC(=O)c1ccc(N2CCN(CC(/C=C/c3ccc(F)cc3)N3C(=O)c4ccccc4C3=O)CC2)nc1. The summed E-state index contributed by atoms with van der Waals surface area (Å²) in [5.41, 5.74) is 2.01. The van der Waals surface area contributed by atoms with Crippen LogP contribution in [-0.4, -0.2) is 77.9 Å². The number of fused-ring (bicyclic) bond motifs is 1. The van der Waals surface area contributed by atoms with Gasteiger partial charge in [0, 0.05) is 38.9 Å². The van der Waals surface area contributed by atoms with Gasteiger partial charge in [0.1, 0.15) is 11.6 Å². The number of rotatable bonds is 8. The van der Waals surface area contributed by atoms with Crippen LogP contribution in [0, 0.1) is 5.82 Å². The highest BCUT2D eigenvalue weighted by Crippen LogP contribution is 2.26. The molecule has 0 aliphatic carbocycles. The van der Waals surface area contributed by atoms with Crippen LogP contribution in [0.5, 0.6) is 0 Å². The Labute approximate surface area is 226 Å². The Kier molecular flexibility index (Phi) is 7.79. The van der Waals surface area contributed by atoms with E-state index in [2.05, 4.69) is 14.8 Å². The normalized spacial score (nSPS) is 16.6. The van der Waals surface area contributed by atoms with Crippen LogP contribution >= 0.6 is 0 Å². The van der Waals surface area contributed by atoms with Crippen LogP contribution < -0.4 is 4.90 Å². The topological polar surface area (TPSA) is 83.0 Å². The van der Waals surface area contributed by atoms with E-state index in [1.165, 1.54) is 23.2 Å². The zero-order chi connectivity index (χ0) is 27.4. The molecule has 39 heavy (non-hydrogen) atoms. The number of carbonyl (C=O) groups excluding carboxylic acids is 3. The highest BCUT2D eigenvalue weighted by molar-refractivity contribution is 6.21. The Morgan fingerprint density at radius 2 is 1.64 bits per heavy atom. The van der Waals surface area contributed by atoms with Crippen LogP contribution in [0.3, 0.4) is 0 Å². The summed E-state index contributed by atoms with van der Waals surface area (Å²) in [7, 11) is 0. The Morgan fingerprint density at radius 3 is 2.23 bits per heavy atom. The van der Waals surface area contributed by atoms with Gasteiger partial charge in [-0.2, -0.15) is 0 Å². The van der Waals surface area contributed by atoms with E-state index in [1.807, 2.05) is 18.2 Å². The number of carbonyl (C=O) groups is 3. The number of hydrogen-bond acceptors (Lipinski definition) is 7. The number of aromatic nitrogens is 1. The lowest BCUT2D eigenvalue weighted by molar-refractivity contribution is 0.0523. The predicted molar refractivity (Wildman–Crippen MR) is 145 cm³/mol.